The van der Waals surface area contributed by atoms with Gasteiger partial charge >= 0.3 is 0 Å². The fraction of sp³-hybridized carbons (Fsp3) is 0.538. The standard InChI is InChI=1S/C13H17Cl2NS/c1-7(2)13-12(16-3)11-8(6-17-13)9(14)4-5-10(11)15/h4-5,7,12-13,16H,6H2,1-3H3. The quantitative estimate of drug-likeness (QED) is 0.859. The number of rotatable bonds is 2. The number of nitrogens with one attached hydrogen (secondary N) is 1. The van der Waals surface area contributed by atoms with Gasteiger partial charge < -0.3 is 5.32 Å². The lowest BCUT2D eigenvalue weighted by molar-refractivity contribution is 0.466. The van der Waals surface area contributed by atoms with Gasteiger partial charge in [0.1, 0.15) is 0 Å². The van der Waals surface area contributed by atoms with E-state index in [0.29, 0.717) is 11.2 Å². The van der Waals surface area contributed by atoms with Crippen molar-refractivity contribution in [2.75, 3.05) is 7.05 Å². The third-order valence-electron chi connectivity index (χ3n) is 3.27. The Hall–Kier alpha value is 0.110. The molecule has 0 spiro atoms. The molecule has 1 N–H and O–H groups in total. The number of thioether (sulfide) groups is 1. The van der Waals surface area contributed by atoms with E-state index in [9.17, 15) is 0 Å². The van der Waals surface area contributed by atoms with Crippen LogP contribution in [0.1, 0.15) is 31.0 Å². The van der Waals surface area contributed by atoms with Gasteiger partial charge in [-0.2, -0.15) is 11.8 Å². The highest BCUT2D eigenvalue weighted by molar-refractivity contribution is 7.99. The summed E-state index contributed by atoms with van der Waals surface area (Å²) < 4.78 is 0. The summed E-state index contributed by atoms with van der Waals surface area (Å²) in [5.41, 5.74) is 2.39. The van der Waals surface area contributed by atoms with E-state index in [0.717, 1.165) is 15.8 Å². The number of hydrogen-bond donors (Lipinski definition) is 1. The first-order valence-electron chi connectivity index (χ1n) is 5.82. The zero-order chi connectivity index (χ0) is 12.6. The SMILES string of the molecule is CNC1c2c(Cl)ccc(Cl)c2CSC1C(C)C. The second-order valence-electron chi connectivity index (χ2n) is 4.71. The molecule has 0 radical (unpaired) electrons. The molecular formula is C13H17Cl2NS. The molecule has 1 aromatic carbocycles. The van der Waals surface area contributed by atoms with Gasteiger partial charge in [0.15, 0.2) is 0 Å². The first-order chi connectivity index (χ1) is 8.06. The lowest BCUT2D eigenvalue weighted by atomic mass is 9.92. The van der Waals surface area contributed by atoms with Gasteiger partial charge in [0.05, 0.1) is 0 Å². The summed E-state index contributed by atoms with van der Waals surface area (Å²) in [7, 11) is 1.99. The van der Waals surface area contributed by atoms with Crippen molar-refractivity contribution in [2.24, 2.45) is 5.92 Å². The first kappa shape index (κ1) is 13.5. The van der Waals surface area contributed by atoms with Crippen molar-refractivity contribution < 1.29 is 0 Å². The van der Waals surface area contributed by atoms with Gasteiger partial charge in [0.25, 0.3) is 0 Å². The molecule has 1 nitrogen and oxygen atoms in total. The van der Waals surface area contributed by atoms with Crippen molar-refractivity contribution in [3.63, 3.8) is 0 Å². The minimum absolute atomic E-state index is 0.287. The maximum Gasteiger partial charge on any atom is 0.0459 e. The highest BCUT2D eigenvalue weighted by Gasteiger charge is 2.33. The Morgan fingerprint density at radius 3 is 2.53 bits per heavy atom. The molecule has 2 rings (SSSR count). The van der Waals surface area contributed by atoms with Gasteiger partial charge in [-0.25, -0.2) is 0 Å². The third-order valence-corrected chi connectivity index (χ3v) is 5.61. The Morgan fingerprint density at radius 2 is 1.94 bits per heavy atom. The van der Waals surface area contributed by atoms with Crippen molar-refractivity contribution in [1.82, 2.24) is 5.32 Å². The van der Waals surface area contributed by atoms with Crippen LogP contribution in [0.15, 0.2) is 12.1 Å². The lowest BCUT2D eigenvalue weighted by Gasteiger charge is -2.36. The molecule has 0 aromatic heterocycles. The summed E-state index contributed by atoms with van der Waals surface area (Å²) in [5, 5.41) is 5.60. The minimum Gasteiger partial charge on any atom is -0.312 e. The largest absolute Gasteiger partial charge is 0.312 e. The van der Waals surface area contributed by atoms with Gasteiger partial charge in [-0.1, -0.05) is 37.0 Å². The van der Waals surface area contributed by atoms with Crippen LogP contribution in [0.25, 0.3) is 0 Å². The van der Waals surface area contributed by atoms with Crippen molar-refractivity contribution in [3.8, 4) is 0 Å². The van der Waals surface area contributed by atoms with Gasteiger partial charge in [-0.05, 0) is 36.2 Å². The summed E-state index contributed by atoms with van der Waals surface area (Å²) >= 11 is 14.6. The number of hydrogen-bond acceptors (Lipinski definition) is 2. The second-order valence-corrected chi connectivity index (χ2v) is 6.69. The van der Waals surface area contributed by atoms with Crippen LogP contribution in [0.4, 0.5) is 0 Å². The maximum atomic E-state index is 6.35. The fourth-order valence-corrected chi connectivity index (χ4v) is 4.54. The Balaban J connectivity index is 2.50. The first-order valence-corrected chi connectivity index (χ1v) is 7.62. The lowest BCUT2D eigenvalue weighted by Crippen LogP contribution is -2.34. The van der Waals surface area contributed by atoms with E-state index in [1.165, 1.54) is 11.1 Å². The number of halogens is 2. The summed E-state index contributed by atoms with van der Waals surface area (Å²) in [6, 6.07) is 4.08. The van der Waals surface area contributed by atoms with E-state index in [1.807, 2.05) is 30.9 Å². The Labute approximate surface area is 117 Å². The summed E-state index contributed by atoms with van der Waals surface area (Å²) in [6.07, 6.45) is 0. The van der Waals surface area contributed by atoms with E-state index >= 15 is 0 Å². The highest BCUT2D eigenvalue weighted by atomic mass is 35.5. The molecule has 0 aliphatic carbocycles. The average molecular weight is 290 g/mol. The molecule has 1 heterocycles. The van der Waals surface area contributed by atoms with Gasteiger partial charge in [0.2, 0.25) is 0 Å². The summed E-state index contributed by atoms with van der Waals surface area (Å²) in [6.45, 7) is 4.51. The van der Waals surface area contributed by atoms with Crippen molar-refractivity contribution in [2.45, 2.75) is 30.9 Å². The highest BCUT2D eigenvalue weighted by Crippen LogP contribution is 2.45. The Bertz CT molecular complexity index is 420. The van der Waals surface area contributed by atoms with Crippen LogP contribution in [0.5, 0.6) is 0 Å². The van der Waals surface area contributed by atoms with Crippen LogP contribution in [0.2, 0.25) is 10.0 Å². The minimum atomic E-state index is 0.287. The fourth-order valence-electron chi connectivity index (χ4n) is 2.42. The molecule has 1 aromatic rings. The molecule has 17 heavy (non-hydrogen) atoms. The van der Waals surface area contributed by atoms with Gasteiger partial charge in [-0.3, -0.25) is 0 Å². The molecule has 1 aliphatic rings. The van der Waals surface area contributed by atoms with E-state index in [1.54, 1.807) is 0 Å². The predicted octanol–water partition coefficient (Wildman–Crippen LogP) is 4.53. The molecule has 0 amide bonds. The average Bonchev–Trinajstić information content (AvgIpc) is 2.32. The third kappa shape index (κ3) is 2.46. The molecule has 94 valence electrons. The predicted molar refractivity (Wildman–Crippen MR) is 78.2 cm³/mol. The number of fused-ring (bicyclic) bond motifs is 1. The maximum absolute atomic E-state index is 6.35. The molecule has 4 heteroatoms. The van der Waals surface area contributed by atoms with Crippen LogP contribution in [0.3, 0.4) is 0 Å². The molecule has 2 atom stereocenters. The molecule has 0 fully saturated rings. The molecular weight excluding hydrogens is 273 g/mol. The molecule has 1 aliphatic heterocycles. The van der Waals surface area contributed by atoms with E-state index in [-0.39, 0.29) is 6.04 Å². The van der Waals surface area contributed by atoms with Crippen LogP contribution in [-0.4, -0.2) is 12.3 Å². The van der Waals surface area contributed by atoms with Crippen LogP contribution in [-0.2, 0) is 5.75 Å². The van der Waals surface area contributed by atoms with E-state index in [2.05, 4.69) is 19.2 Å². The monoisotopic (exact) mass is 289 g/mol. The van der Waals surface area contributed by atoms with E-state index < -0.39 is 0 Å². The van der Waals surface area contributed by atoms with Gasteiger partial charge in [0, 0.05) is 27.1 Å². The summed E-state index contributed by atoms with van der Waals surface area (Å²) in [4.78, 5) is 0. The number of benzene rings is 1. The van der Waals surface area contributed by atoms with Crippen molar-refractivity contribution >= 4 is 35.0 Å². The molecule has 0 saturated carbocycles. The zero-order valence-corrected chi connectivity index (χ0v) is 12.6. The smallest absolute Gasteiger partial charge is 0.0459 e. The van der Waals surface area contributed by atoms with Crippen molar-refractivity contribution in [3.05, 3.63) is 33.3 Å². The van der Waals surface area contributed by atoms with Crippen LogP contribution < -0.4 is 5.32 Å². The van der Waals surface area contributed by atoms with Crippen LogP contribution in [0, 0.1) is 5.92 Å². The zero-order valence-electron chi connectivity index (χ0n) is 10.3. The second kappa shape index (κ2) is 5.40. The molecule has 2 unspecified atom stereocenters. The normalized spacial score (nSPS) is 23.9. The van der Waals surface area contributed by atoms with Crippen molar-refractivity contribution in [1.29, 1.82) is 0 Å². The van der Waals surface area contributed by atoms with Gasteiger partial charge in [-0.15, -0.1) is 0 Å². The summed E-state index contributed by atoms with van der Waals surface area (Å²) in [5.74, 6) is 1.57. The Kier molecular flexibility index (Phi) is 4.30. The van der Waals surface area contributed by atoms with E-state index in [4.69, 9.17) is 23.2 Å². The van der Waals surface area contributed by atoms with Crippen LogP contribution >= 0.6 is 35.0 Å². The molecule has 0 bridgehead atoms. The molecule has 0 saturated heterocycles. The topological polar surface area (TPSA) is 12.0 Å². The Morgan fingerprint density at radius 1 is 1.29 bits per heavy atom.